The number of benzene rings is 3. The molecule has 0 radical (unpaired) electrons. The molecule has 3 aromatic rings. The summed E-state index contributed by atoms with van der Waals surface area (Å²) < 4.78 is 5.71. The lowest BCUT2D eigenvalue weighted by Crippen LogP contribution is -1.97. The molecule has 3 aromatic carbocycles. The SMILES string of the molecule is COc1cc(/C=N\N=C2c3ccccc3-c3ccccc32)cc(Br)c1O. The van der Waals surface area contributed by atoms with Gasteiger partial charge in [-0.2, -0.15) is 5.10 Å². The van der Waals surface area contributed by atoms with Crippen LogP contribution in [0.1, 0.15) is 16.7 Å². The Kier molecular flexibility index (Phi) is 4.31. The molecule has 0 spiro atoms. The highest BCUT2D eigenvalue weighted by atomic mass is 79.9. The quantitative estimate of drug-likeness (QED) is 0.383. The average molecular weight is 407 g/mol. The number of methoxy groups -OCH3 is 1. The van der Waals surface area contributed by atoms with Gasteiger partial charge in [-0.15, -0.1) is 5.10 Å². The fourth-order valence-electron chi connectivity index (χ4n) is 3.08. The minimum atomic E-state index is 0.0645. The fraction of sp³-hybridized carbons (Fsp3) is 0.0476. The summed E-state index contributed by atoms with van der Waals surface area (Å²) >= 11 is 3.31. The largest absolute Gasteiger partial charge is 0.503 e. The predicted molar refractivity (Wildman–Crippen MR) is 107 cm³/mol. The summed E-state index contributed by atoms with van der Waals surface area (Å²) in [4.78, 5) is 0. The van der Waals surface area contributed by atoms with Crippen molar-refractivity contribution in [3.05, 3.63) is 81.8 Å². The normalized spacial score (nSPS) is 12.2. The molecule has 0 fully saturated rings. The van der Waals surface area contributed by atoms with E-state index in [2.05, 4.69) is 50.4 Å². The highest BCUT2D eigenvalue weighted by Crippen LogP contribution is 2.37. The lowest BCUT2D eigenvalue weighted by atomic mass is 10.1. The van der Waals surface area contributed by atoms with Gasteiger partial charge in [-0.25, -0.2) is 0 Å². The monoisotopic (exact) mass is 406 g/mol. The van der Waals surface area contributed by atoms with Gasteiger partial charge in [-0.1, -0.05) is 48.5 Å². The van der Waals surface area contributed by atoms with Crippen LogP contribution in [0, 0.1) is 0 Å². The Morgan fingerprint density at radius 1 is 0.923 bits per heavy atom. The van der Waals surface area contributed by atoms with Crippen molar-refractivity contribution in [3.8, 4) is 22.6 Å². The number of fused-ring (bicyclic) bond motifs is 3. The van der Waals surface area contributed by atoms with Crippen LogP contribution in [-0.4, -0.2) is 24.1 Å². The molecule has 0 heterocycles. The zero-order valence-corrected chi connectivity index (χ0v) is 15.6. The number of halogens is 1. The number of ether oxygens (including phenoxy) is 1. The van der Waals surface area contributed by atoms with Gasteiger partial charge in [0.05, 0.1) is 17.8 Å². The zero-order chi connectivity index (χ0) is 18.1. The van der Waals surface area contributed by atoms with Gasteiger partial charge in [0.15, 0.2) is 11.5 Å². The lowest BCUT2D eigenvalue weighted by Gasteiger charge is -2.05. The van der Waals surface area contributed by atoms with E-state index in [9.17, 15) is 5.11 Å². The first-order valence-electron chi connectivity index (χ1n) is 8.05. The summed E-state index contributed by atoms with van der Waals surface area (Å²) in [5.41, 5.74) is 6.13. The van der Waals surface area contributed by atoms with Crippen molar-refractivity contribution in [1.29, 1.82) is 0 Å². The number of rotatable bonds is 3. The molecule has 5 heteroatoms. The van der Waals surface area contributed by atoms with Gasteiger partial charge in [-0.3, -0.25) is 0 Å². The third kappa shape index (κ3) is 2.80. The molecule has 0 bridgehead atoms. The maximum absolute atomic E-state index is 9.89. The molecule has 1 aliphatic rings. The Morgan fingerprint density at radius 3 is 2.08 bits per heavy atom. The van der Waals surface area contributed by atoms with Crippen molar-refractivity contribution < 1.29 is 9.84 Å². The van der Waals surface area contributed by atoms with Crippen molar-refractivity contribution in [2.75, 3.05) is 7.11 Å². The first kappa shape index (κ1) is 16.5. The second-order valence-electron chi connectivity index (χ2n) is 5.84. The van der Waals surface area contributed by atoms with Gasteiger partial charge in [0.1, 0.15) is 5.71 Å². The van der Waals surface area contributed by atoms with Crippen LogP contribution in [0.5, 0.6) is 11.5 Å². The smallest absolute Gasteiger partial charge is 0.172 e. The highest BCUT2D eigenvalue weighted by molar-refractivity contribution is 9.10. The van der Waals surface area contributed by atoms with Crippen molar-refractivity contribution in [2.24, 2.45) is 10.2 Å². The van der Waals surface area contributed by atoms with Gasteiger partial charge in [-0.05, 0) is 44.8 Å². The zero-order valence-electron chi connectivity index (χ0n) is 14.0. The summed E-state index contributed by atoms with van der Waals surface area (Å²) in [5, 5.41) is 18.6. The van der Waals surface area contributed by atoms with E-state index in [1.807, 2.05) is 24.3 Å². The van der Waals surface area contributed by atoms with Crippen LogP contribution >= 0.6 is 15.9 Å². The number of hydrogen-bond acceptors (Lipinski definition) is 4. The Bertz CT molecular complexity index is 1010. The summed E-state index contributed by atoms with van der Waals surface area (Å²) in [6, 6.07) is 19.9. The predicted octanol–water partition coefficient (Wildman–Crippen LogP) is 5.02. The lowest BCUT2D eigenvalue weighted by molar-refractivity contribution is 0.372. The minimum Gasteiger partial charge on any atom is -0.503 e. The minimum absolute atomic E-state index is 0.0645. The van der Waals surface area contributed by atoms with Crippen LogP contribution in [-0.2, 0) is 0 Å². The van der Waals surface area contributed by atoms with Gasteiger partial charge >= 0.3 is 0 Å². The first-order chi connectivity index (χ1) is 12.7. The number of nitrogens with zero attached hydrogens (tertiary/aromatic N) is 2. The Morgan fingerprint density at radius 2 is 1.50 bits per heavy atom. The first-order valence-corrected chi connectivity index (χ1v) is 8.85. The summed E-state index contributed by atoms with van der Waals surface area (Å²) in [5.74, 6) is 0.444. The number of phenols is 1. The Labute approximate surface area is 159 Å². The topological polar surface area (TPSA) is 54.2 Å². The maximum Gasteiger partial charge on any atom is 0.172 e. The van der Waals surface area contributed by atoms with Crippen LogP contribution in [0.2, 0.25) is 0 Å². The molecule has 1 aliphatic carbocycles. The van der Waals surface area contributed by atoms with Gasteiger partial charge < -0.3 is 9.84 Å². The highest BCUT2D eigenvalue weighted by Gasteiger charge is 2.23. The van der Waals surface area contributed by atoms with Crippen molar-refractivity contribution in [1.82, 2.24) is 0 Å². The van der Waals surface area contributed by atoms with Crippen LogP contribution in [0.3, 0.4) is 0 Å². The van der Waals surface area contributed by atoms with E-state index in [4.69, 9.17) is 4.74 Å². The molecule has 1 N–H and O–H groups in total. The van der Waals surface area contributed by atoms with E-state index < -0.39 is 0 Å². The van der Waals surface area contributed by atoms with E-state index >= 15 is 0 Å². The third-order valence-electron chi connectivity index (χ3n) is 4.29. The molecule has 0 saturated heterocycles. The molecule has 0 atom stereocenters. The molecule has 128 valence electrons. The van der Waals surface area contributed by atoms with E-state index in [-0.39, 0.29) is 5.75 Å². The molecule has 4 rings (SSSR count). The molecule has 0 aliphatic heterocycles. The summed E-state index contributed by atoms with van der Waals surface area (Å²) in [6.45, 7) is 0. The van der Waals surface area contributed by atoms with E-state index in [0.29, 0.717) is 10.2 Å². The van der Waals surface area contributed by atoms with E-state index in [0.717, 1.165) is 22.4 Å². The molecule has 0 saturated carbocycles. The number of phenolic OH excluding ortho intramolecular Hbond substituents is 1. The fourth-order valence-corrected chi connectivity index (χ4v) is 3.54. The summed E-state index contributed by atoms with van der Waals surface area (Å²) in [7, 11) is 1.51. The van der Waals surface area contributed by atoms with E-state index in [1.54, 1.807) is 18.3 Å². The van der Waals surface area contributed by atoms with Crippen LogP contribution < -0.4 is 4.74 Å². The standard InChI is InChI=1S/C21H15BrN2O2/c1-26-19-11-13(10-18(22)21(19)25)12-23-24-20-16-8-4-2-6-14(16)15-7-3-5-9-17(15)20/h2-12,25H,1H3/b23-12-. The average Bonchev–Trinajstić information content (AvgIpc) is 2.99. The molecular formula is C21H15BrN2O2. The maximum atomic E-state index is 9.89. The second kappa shape index (κ2) is 6.77. The molecule has 0 unspecified atom stereocenters. The molecule has 4 nitrogen and oxygen atoms in total. The van der Waals surface area contributed by atoms with Gasteiger partial charge in [0, 0.05) is 11.1 Å². The van der Waals surface area contributed by atoms with Crippen molar-refractivity contribution >= 4 is 27.9 Å². The molecule has 26 heavy (non-hydrogen) atoms. The Hall–Kier alpha value is -2.92. The summed E-state index contributed by atoms with van der Waals surface area (Å²) in [6.07, 6.45) is 1.64. The molecule has 0 aromatic heterocycles. The number of hydrogen-bond donors (Lipinski definition) is 1. The van der Waals surface area contributed by atoms with Gasteiger partial charge in [0.2, 0.25) is 0 Å². The van der Waals surface area contributed by atoms with Crippen LogP contribution in [0.4, 0.5) is 0 Å². The van der Waals surface area contributed by atoms with Gasteiger partial charge in [0.25, 0.3) is 0 Å². The molecular weight excluding hydrogens is 392 g/mol. The molecule has 0 amide bonds. The van der Waals surface area contributed by atoms with Crippen LogP contribution in [0.25, 0.3) is 11.1 Å². The second-order valence-corrected chi connectivity index (χ2v) is 6.69. The third-order valence-corrected chi connectivity index (χ3v) is 4.89. The van der Waals surface area contributed by atoms with Crippen molar-refractivity contribution in [2.45, 2.75) is 0 Å². The van der Waals surface area contributed by atoms with Crippen molar-refractivity contribution in [3.63, 3.8) is 0 Å². The van der Waals surface area contributed by atoms with E-state index in [1.165, 1.54) is 18.2 Å². The Balaban J connectivity index is 1.74. The van der Waals surface area contributed by atoms with Crippen LogP contribution in [0.15, 0.2) is 75.3 Å². The number of aromatic hydroxyl groups is 1.